The van der Waals surface area contributed by atoms with Crippen molar-refractivity contribution in [2.45, 2.75) is 31.6 Å². The Morgan fingerprint density at radius 2 is 1.72 bits per heavy atom. The number of aryl methyl sites for hydroxylation is 3. The largest absolute Gasteiger partial charge is 0.481 e. The molecule has 164 valence electrons. The zero-order valence-corrected chi connectivity index (χ0v) is 18.5. The fourth-order valence-electron chi connectivity index (χ4n) is 3.47. The summed E-state index contributed by atoms with van der Waals surface area (Å²) in [6, 6.07) is 15.5. The molecule has 0 spiro atoms. The van der Waals surface area contributed by atoms with Crippen LogP contribution in [0.25, 0.3) is 11.0 Å². The van der Waals surface area contributed by atoms with Gasteiger partial charge in [0.05, 0.1) is 10.3 Å². The van der Waals surface area contributed by atoms with Crippen molar-refractivity contribution in [3.8, 4) is 11.5 Å². The topological polar surface area (TPSA) is 98.5 Å². The van der Waals surface area contributed by atoms with Gasteiger partial charge in [0.2, 0.25) is 0 Å². The van der Waals surface area contributed by atoms with Crippen LogP contribution in [0.2, 0.25) is 0 Å². The predicted molar refractivity (Wildman–Crippen MR) is 121 cm³/mol. The van der Waals surface area contributed by atoms with Crippen LogP contribution < -0.4 is 4.74 Å². The molecule has 0 aliphatic rings. The zero-order valence-electron chi connectivity index (χ0n) is 17.6. The number of hydrogen-bond acceptors (Lipinski definition) is 5. The maximum atomic E-state index is 13.2. The summed E-state index contributed by atoms with van der Waals surface area (Å²) in [6.07, 6.45) is 3.56. The first kappa shape index (κ1) is 21.6. The quantitative estimate of drug-likeness (QED) is 0.438. The second-order valence-corrected chi connectivity index (χ2v) is 9.39. The maximum Gasteiger partial charge on any atom is 0.303 e. The molecule has 0 unspecified atom stereocenters. The van der Waals surface area contributed by atoms with E-state index in [2.05, 4.69) is 4.98 Å². The standard InChI is InChI=1S/C24H22N2O5S/c1-16-3-10-20(11-4-16)32(29,30)26-15-17(2)23-21(13-14-25-24(23)26)31-19-8-5-18(6-9-19)7-12-22(27)28/h3-6,8-11,13-15H,7,12H2,1-2H3,(H,27,28). The molecule has 0 radical (unpaired) electrons. The Labute approximate surface area is 186 Å². The molecule has 4 aromatic rings. The number of hydrogen-bond donors (Lipinski definition) is 1. The van der Waals surface area contributed by atoms with E-state index in [4.69, 9.17) is 9.84 Å². The Hall–Kier alpha value is -3.65. The van der Waals surface area contributed by atoms with Gasteiger partial charge in [0.1, 0.15) is 11.5 Å². The number of benzene rings is 2. The van der Waals surface area contributed by atoms with Crippen LogP contribution in [0.1, 0.15) is 23.1 Å². The molecule has 7 nitrogen and oxygen atoms in total. The molecule has 2 aromatic heterocycles. The number of pyridine rings is 1. The van der Waals surface area contributed by atoms with Crippen LogP contribution in [0, 0.1) is 13.8 Å². The Morgan fingerprint density at radius 1 is 1.03 bits per heavy atom. The van der Waals surface area contributed by atoms with E-state index in [1.807, 2.05) is 26.0 Å². The first-order valence-corrected chi connectivity index (χ1v) is 11.5. The molecule has 0 saturated heterocycles. The fraction of sp³-hybridized carbons (Fsp3) is 0.167. The van der Waals surface area contributed by atoms with Crippen molar-refractivity contribution < 1.29 is 23.1 Å². The molecule has 4 rings (SSSR count). The smallest absolute Gasteiger partial charge is 0.303 e. The average Bonchev–Trinajstić information content (AvgIpc) is 3.12. The van der Waals surface area contributed by atoms with Crippen molar-refractivity contribution in [3.63, 3.8) is 0 Å². The lowest BCUT2D eigenvalue weighted by Crippen LogP contribution is -2.12. The van der Waals surface area contributed by atoms with Gasteiger partial charge in [-0.25, -0.2) is 17.4 Å². The third-order valence-electron chi connectivity index (χ3n) is 5.16. The van der Waals surface area contributed by atoms with Gasteiger partial charge in [-0.1, -0.05) is 29.8 Å². The zero-order chi connectivity index (χ0) is 22.9. The van der Waals surface area contributed by atoms with Gasteiger partial charge >= 0.3 is 5.97 Å². The highest BCUT2D eigenvalue weighted by molar-refractivity contribution is 7.90. The van der Waals surface area contributed by atoms with Crippen molar-refractivity contribution in [1.82, 2.24) is 8.96 Å². The Balaban J connectivity index is 1.69. The average molecular weight is 451 g/mol. The molecule has 0 atom stereocenters. The van der Waals surface area contributed by atoms with Crippen LogP contribution in [0.15, 0.2) is 71.9 Å². The molecule has 0 amide bonds. The summed E-state index contributed by atoms with van der Waals surface area (Å²) in [5.41, 5.74) is 2.88. The summed E-state index contributed by atoms with van der Waals surface area (Å²) in [6.45, 7) is 3.71. The third-order valence-corrected chi connectivity index (χ3v) is 6.83. The van der Waals surface area contributed by atoms with Gasteiger partial charge in [-0.05, 0) is 61.7 Å². The predicted octanol–water partition coefficient (Wildman–Crippen LogP) is 4.70. The van der Waals surface area contributed by atoms with E-state index in [1.54, 1.807) is 48.7 Å². The Morgan fingerprint density at radius 3 is 2.38 bits per heavy atom. The van der Waals surface area contributed by atoms with Crippen molar-refractivity contribution in [2.75, 3.05) is 0 Å². The number of rotatable bonds is 7. The second kappa shape index (κ2) is 8.47. The van der Waals surface area contributed by atoms with Crippen molar-refractivity contribution in [1.29, 1.82) is 0 Å². The number of carboxylic acid groups (broad SMARTS) is 1. The summed E-state index contributed by atoms with van der Waals surface area (Å²) in [5, 5.41) is 9.43. The lowest BCUT2D eigenvalue weighted by Gasteiger charge is -2.10. The van der Waals surface area contributed by atoms with Crippen LogP contribution in [-0.2, 0) is 21.2 Å². The highest BCUT2D eigenvalue weighted by Gasteiger charge is 2.23. The Bertz CT molecular complexity index is 1390. The van der Waals surface area contributed by atoms with E-state index in [0.717, 1.165) is 16.7 Å². The molecule has 2 heterocycles. The minimum atomic E-state index is -3.82. The Kier molecular flexibility index (Phi) is 5.71. The SMILES string of the molecule is Cc1ccc(S(=O)(=O)n2cc(C)c3c(Oc4ccc(CCC(=O)O)cc4)ccnc32)cc1. The summed E-state index contributed by atoms with van der Waals surface area (Å²) >= 11 is 0. The summed E-state index contributed by atoms with van der Waals surface area (Å²) in [4.78, 5) is 15.2. The maximum absolute atomic E-state index is 13.2. The number of carbonyl (C=O) groups is 1. The van der Waals surface area contributed by atoms with Crippen LogP contribution >= 0.6 is 0 Å². The number of ether oxygens (including phenoxy) is 1. The lowest BCUT2D eigenvalue weighted by molar-refractivity contribution is -0.136. The molecule has 0 bridgehead atoms. The van der Waals surface area contributed by atoms with Crippen molar-refractivity contribution in [2.24, 2.45) is 0 Å². The molecule has 0 saturated carbocycles. The third kappa shape index (κ3) is 4.22. The fourth-order valence-corrected chi connectivity index (χ4v) is 4.84. The van der Waals surface area contributed by atoms with Crippen LogP contribution in [-0.4, -0.2) is 28.5 Å². The summed E-state index contributed by atoms with van der Waals surface area (Å²) in [7, 11) is -3.82. The number of carboxylic acids is 1. The number of nitrogens with zero attached hydrogens (tertiary/aromatic N) is 2. The first-order chi connectivity index (χ1) is 15.3. The number of aliphatic carboxylic acids is 1. The van der Waals surface area contributed by atoms with Crippen LogP contribution in [0.4, 0.5) is 0 Å². The first-order valence-electron chi connectivity index (χ1n) is 10.0. The molecule has 0 aliphatic carbocycles. The van der Waals surface area contributed by atoms with E-state index in [0.29, 0.717) is 29.0 Å². The van der Waals surface area contributed by atoms with Crippen molar-refractivity contribution in [3.05, 3.63) is 83.7 Å². The molecular formula is C24H22N2O5S. The van der Waals surface area contributed by atoms with E-state index in [9.17, 15) is 13.2 Å². The van der Waals surface area contributed by atoms with E-state index < -0.39 is 16.0 Å². The minimum absolute atomic E-state index is 0.0628. The molecule has 1 N–H and O–H groups in total. The normalized spacial score (nSPS) is 11.6. The van der Waals surface area contributed by atoms with Gasteiger partial charge in [0.15, 0.2) is 5.65 Å². The van der Waals surface area contributed by atoms with Gasteiger partial charge in [-0.15, -0.1) is 0 Å². The molecule has 2 aromatic carbocycles. The van der Waals surface area contributed by atoms with E-state index in [-0.39, 0.29) is 11.3 Å². The minimum Gasteiger partial charge on any atom is -0.481 e. The van der Waals surface area contributed by atoms with E-state index >= 15 is 0 Å². The second-order valence-electron chi connectivity index (χ2n) is 7.57. The monoisotopic (exact) mass is 450 g/mol. The molecule has 8 heteroatoms. The summed E-state index contributed by atoms with van der Waals surface area (Å²) in [5.74, 6) is 0.207. The van der Waals surface area contributed by atoms with Gasteiger partial charge in [0.25, 0.3) is 10.0 Å². The van der Waals surface area contributed by atoms with Gasteiger partial charge in [-0.3, -0.25) is 4.79 Å². The van der Waals surface area contributed by atoms with Gasteiger partial charge < -0.3 is 9.84 Å². The van der Waals surface area contributed by atoms with E-state index in [1.165, 1.54) is 10.2 Å². The number of aromatic nitrogens is 2. The molecule has 32 heavy (non-hydrogen) atoms. The van der Waals surface area contributed by atoms with Gasteiger partial charge in [-0.2, -0.15) is 0 Å². The van der Waals surface area contributed by atoms with Crippen LogP contribution in [0.3, 0.4) is 0 Å². The summed E-state index contributed by atoms with van der Waals surface area (Å²) < 4.78 is 33.7. The van der Waals surface area contributed by atoms with Crippen LogP contribution in [0.5, 0.6) is 11.5 Å². The molecular weight excluding hydrogens is 428 g/mol. The number of fused-ring (bicyclic) bond motifs is 1. The molecule has 0 aliphatic heterocycles. The van der Waals surface area contributed by atoms with Crippen molar-refractivity contribution >= 4 is 27.0 Å². The highest BCUT2D eigenvalue weighted by atomic mass is 32.2. The lowest BCUT2D eigenvalue weighted by atomic mass is 10.1. The van der Waals surface area contributed by atoms with Gasteiger partial charge in [0, 0.05) is 18.8 Å². The molecule has 0 fully saturated rings. The highest BCUT2D eigenvalue weighted by Crippen LogP contribution is 2.34.